The third-order valence-electron chi connectivity index (χ3n) is 4.98. The second-order valence-corrected chi connectivity index (χ2v) is 8.11. The van der Waals surface area contributed by atoms with Gasteiger partial charge in [0.05, 0.1) is 12.3 Å². The molecule has 1 fully saturated rings. The molecule has 1 aliphatic rings. The summed E-state index contributed by atoms with van der Waals surface area (Å²) in [6.45, 7) is 8.28. The van der Waals surface area contributed by atoms with Gasteiger partial charge in [0.2, 0.25) is 5.91 Å². The lowest BCUT2D eigenvalue weighted by Gasteiger charge is -2.32. The number of nitrogens with zero attached hydrogens (tertiary/aromatic N) is 5. The number of hydrogen-bond acceptors (Lipinski definition) is 6. The first-order chi connectivity index (χ1) is 14.0. The van der Waals surface area contributed by atoms with Crippen molar-refractivity contribution in [2.75, 3.05) is 39.0 Å². The minimum atomic E-state index is -0.140. The summed E-state index contributed by atoms with van der Waals surface area (Å²) >= 11 is 1.40. The SMILES string of the molecule is CCn1c(CNC(=O)c2cccc(C)c2)nnc1SCC(=O)N1CCN(C)CC1. The smallest absolute Gasteiger partial charge is 0.251 e. The van der Waals surface area contributed by atoms with E-state index in [2.05, 4.69) is 27.5 Å². The molecule has 9 heteroatoms. The monoisotopic (exact) mass is 416 g/mol. The highest BCUT2D eigenvalue weighted by Crippen LogP contribution is 2.18. The van der Waals surface area contributed by atoms with Gasteiger partial charge in [0.15, 0.2) is 11.0 Å². The Kier molecular flexibility index (Phi) is 7.27. The van der Waals surface area contributed by atoms with Crippen molar-refractivity contribution in [3.63, 3.8) is 0 Å². The number of likely N-dealkylation sites (N-methyl/N-ethyl adjacent to an activating group) is 1. The number of aryl methyl sites for hydroxylation is 1. The first-order valence-electron chi connectivity index (χ1n) is 9.84. The number of thioether (sulfide) groups is 1. The summed E-state index contributed by atoms with van der Waals surface area (Å²) in [6, 6.07) is 7.46. The van der Waals surface area contributed by atoms with Crippen LogP contribution in [0.3, 0.4) is 0 Å². The minimum Gasteiger partial charge on any atom is -0.345 e. The van der Waals surface area contributed by atoms with Crippen molar-refractivity contribution < 1.29 is 9.59 Å². The lowest BCUT2D eigenvalue weighted by atomic mass is 10.1. The van der Waals surface area contributed by atoms with E-state index in [1.165, 1.54) is 11.8 Å². The number of aromatic nitrogens is 3. The molecule has 1 aromatic heterocycles. The Morgan fingerprint density at radius 2 is 1.93 bits per heavy atom. The van der Waals surface area contributed by atoms with Gasteiger partial charge in [0.25, 0.3) is 5.91 Å². The van der Waals surface area contributed by atoms with Gasteiger partial charge in [-0.2, -0.15) is 0 Å². The van der Waals surface area contributed by atoms with Crippen LogP contribution < -0.4 is 5.32 Å². The van der Waals surface area contributed by atoms with Gasteiger partial charge in [0.1, 0.15) is 0 Å². The Bertz CT molecular complexity index is 860. The van der Waals surface area contributed by atoms with E-state index in [1.807, 2.05) is 41.5 Å². The maximum atomic E-state index is 12.5. The Morgan fingerprint density at radius 3 is 2.62 bits per heavy atom. The lowest BCUT2D eigenvalue weighted by molar-refractivity contribution is -0.129. The van der Waals surface area contributed by atoms with E-state index < -0.39 is 0 Å². The van der Waals surface area contributed by atoms with Crippen LogP contribution in [0.5, 0.6) is 0 Å². The molecular formula is C20H28N6O2S. The van der Waals surface area contributed by atoms with Gasteiger partial charge in [-0.15, -0.1) is 10.2 Å². The number of hydrogen-bond donors (Lipinski definition) is 1. The molecule has 0 spiro atoms. The molecule has 2 aromatic rings. The van der Waals surface area contributed by atoms with Crippen molar-refractivity contribution in [1.29, 1.82) is 0 Å². The molecule has 1 saturated heterocycles. The Labute approximate surface area is 175 Å². The molecule has 0 unspecified atom stereocenters. The van der Waals surface area contributed by atoms with E-state index in [-0.39, 0.29) is 11.8 Å². The highest BCUT2D eigenvalue weighted by molar-refractivity contribution is 7.99. The predicted octanol–water partition coefficient (Wildman–Crippen LogP) is 1.40. The van der Waals surface area contributed by atoms with Crippen molar-refractivity contribution in [3.8, 4) is 0 Å². The zero-order chi connectivity index (χ0) is 20.8. The molecule has 0 saturated carbocycles. The highest BCUT2D eigenvalue weighted by atomic mass is 32.2. The van der Waals surface area contributed by atoms with Gasteiger partial charge < -0.3 is 19.7 Å². The molecule has 156 valence electrons. The molecule has 0 aliphatic carbocycles. The lowest BCUT2D eigenvalue weighted by Crippen LogP contribution is -2.47. The third kappa shape index (κ3) is 5.57. The van der Waals surface area contributed by atoms with E-state index >= 15 is 0 Å². The van der Waals surface area contributed by atoms with Crippen LogP contribution in [0, 0.1) is 6.92 Å². The molecule has 1 aromatic carbocycles. The van der Waals surface area contributed by atoms with Crippen LogP contribution >= 0.6 is 11.8 Å². The molecule has 2 heterocycles. The average Bonchev–Trinajstić information content (AvgIpc) is 3.12. The first kappa shape index (κ1) is 21.3. The van der Waals surface area contributed by atoms with Crippen LogP contribution in [0.25, 0.3) is 0 Å². The summed E-state index contributed by atoms with van der Waals surface area (Å²) in [5, 5.41) is 12.0. The quantitative estimate of drug-likeness (QED) is 0.687. The second-order valence-electron chi connectivity index (χ2n) is 7.17. The van der Waals surface area contributed by atoms with Crippen molar-refractivity contribution in [3.05, 3.63) is 41.2 Å². The van der Waals surface area contributed by atoms with E-state index in [0.29, 0.717) is 35.4 Å². The second kappa shape index (κ2) is 9.89. The fourth-order valence-corrected chi connectivity index (χ4v) is 4.12. The molecule has 2 amide bonds. The number of amides is 2. The van der Waals surface area contributed by atoms with Crippen LogP contribution in [0.15, 0.2) is 29.4 Å². The zero-order valence-electron chi connectivity index (χ0n) is 17.2. The molecule has 1 aliphatic heterocycles. The third-order valence-corrected chi connectivity index (χ3v) is 5.93. The number of carbonyl (C=O) groups excluding carboxylic acids is 2. The molecule has 0 bridgehead atoms. The van der Waals surface area contributed by atoms with E-state index in [9.17, 15) is 9.59 Å². The molecule has 0 atom stereocenters. The number of benzene rings is 1. The van der Waals surface area contributed by atoms with Gasteiger partial charge >= 0.3 is 0 Å². The fraction of sp³-hybridized carbons (Fsp3) is 0.500. The molecule has 29 heavy (non-hydrogen) atoms. The van der Waals surface area contributed by atoms with E-state index in [4.69, 9.17) is 0 Å². The maximum absolute atomic E-state index is 12.5. The Morgan fingerprint density at radius 1 is 1.17 bits per heavy atom. The molecule has 1 N–H and O–H groups in total. The van der Waals surface area contributed by atoms with Gasteiger partial charge in [0, 0.05) is 38.3 Å². The number of rotatable bonds is 7. The topological polar surface area (TPSA) is 83.4 Å². The van der Waals surface area contributed by atoms with Crippen LogP contribution in [0.4, 0.5) is 0 Å². The van der Waals surface area contributed by atoms with E-state index in [0.717, 1.165) is 31.7 Å². The van der Waals surface area contributed by atoms with Crippen molar-refractivity contribution >= 4 is 23.6 Å². The van der Waals surface area contributed by atoms with Gasteiger partial charge in [-0.05, 0) is 33.0 Å². The summed E-state index contributed by atoms with van der Waals surface area (Å²) < 4.78 is 1.94. The Balaban J connectivity index is 1.55. The Hall–Kier alpha value is -2.39. The summed E-state index contributed by atoms with van der Waals surface area (Å²) in [6.07, 6.45) is 0. The van der Waals surface area contributed by atoms with Gasteiger partial charge in [-0.1, -0.05) is 29.5 Å². The van der Waals surface area contributed by atoms with Gasteiger partial charge in [-0.25, -0.2) is 0 Å². The molecule has 8 nitrogen and oxygen atoms in total. The van der Waals surface area contributed by atoms with Gasteiger partial charge in [-0.3, -0.25) is 9.59 Å². The average molecular weight is 417 g/mol. The zero-order valence-corrected chi connectivity index (χ0v) is 18.0. The summed E-state index contributed by atoms with van der Waals surface area (Å²) in [7, 11) is 2.07. The standard InChI is InChI=1S/C20H28N6O2S/c1-4-26-17(13-21-19(28)16-7-5-6-15(2)12-16)22-23-20(26)29-14-18(27)25-10-8-24(3)9-11-25/h5-7,12H,4,8-11,13-14H2,1-3H3,(H,21,28). The largest absolute Gasteiger partial charge is 0.345 e. The van der Waals surface area contributed by atoms with Crippen molar-refractivity contribution in [2.45, 2.75) is 32.1 Å². The van der Waals surface area contributed by atoms with Crippen LogP contribution in [-0.4, -0.2) is 75.4 Å². The van der Waals surface area contributed by atoms with E-state index in [1.54, 1.807) is 6.07 Å². The number of carbonyl (C=O) groups is 2. The molecule has 0 radical (unpaired) electrons. The van der Waals surface area contributed by atoms with Crippen LogP contribution in [0.2, 0.25) is 0 Å². The van der Waals surface area contributed by atoms with Crippen LogP contribution in [0.1, 0.15) is 28.7 Å². The highest BCUT2D eigenvalue weighted by Gasteiger charge is 2.20. The molecular weight excluding hydrogens is 388 g/mol. The fourth-order valence-electron chi connectivity index (χ4n) is 3.20. The maximum Gasteiger partial charge on any atom is 0.251 e. The number of piperazine rings is 1. The summed E-state index contributed by atoms with van der Waals surface area (Å²) in [4.78, 5) is 28.9. The normalized spacial score (nSPS) is 14.8. The molecule has 3 rings (SSSR count). The first-order valence-corrected chi connectivity index (χ1v) is 10.8. The van der Waals surface area contributed by atoms with Crippen LogP contribution in [-0.2, 0) is 17.9 Å². The predicted molar refractivity (Wildman–Crippen MR) is 113 cm³/mol. The summed E-state index contributed by atoms with van der Waals surface area (Å²) in [5.41, 5.74) is 1.66. The minimum absolute atomic E-state index is 0.128. The number of nitrogens with one attached hydrogen (secondary N) is 1. The van der Waals surface area contributed by atoms with Crippen molar-refractivity contribution in [2.24, 2.45) is 0 Å². The van der Waals surface area contributed by atoms with Crippen molar-refractivity contribution in [1.82, 2.24) is 29.9 Å². The summed E-state index contributed by atoms with van der Waals surface area (Å²) in [5.74, 6) is 1.02.